The van der Waals surface area contributed by atoms with Crippen LogP contribution in [0.3, 0.4) is 0 Å². The second-order valence-corrected chi connectivity index (χ2v) is 6.86. The molecule has 32 heavy (non-hydrogen) atoms. The van der Waals surface area contributed by atoms with Crippen molar-refractivity contribution in [3.63, 3.8) is 0 Å². The molecule has 0 aromatic heterocycles. The van der Waals surface area contributed by atoms with Gasteiger partial charge in [0.05, 0.1) is 7.11 Å². The lowest BCUT2D eigenvalue weighted by atomic mass is 10.1. The Morgan fingerprint density at radius 1 is 0.812 bits per heavy atom. The Hall–Kier alpha value is -4.13. The Labute approximate surface area is 185 Å². The molecule has 0 radical (unpaired) electrons. The molecule has 0 bridgehead atoms. The van der Waals surface area contributed by atoms with E-state index in [1.165, 1.54) is 26.2 Å². The topological polar surface area (TPSA) is 90.9 Å². The molecule has 0 saturated carbocycles. The summed E-state index contributed by atoms with van der Waals surface area (Å²) < 4.78 is 15.5. The first-order valence-electron chi connectivity index (χ1n) is 9.89. The number of ketones is 1. The molecule has 0 aliphatic heterocycles. The van der Waals surface area contributed by atoms with Gasteiger partial charge in [0, 0.05) is 11.3 Å². The molecule has 0 spiro atoms. The Bertz CT molecular complexity index is 1090. The molecule has 1 amide bonds. The quantitative estimate of drug-likeness (QED) is 0.403. The summed E-state index contributed by atoms with van der Waals surface area (Å²) in [4.78, 5) is 35.4. The van der Waals surface area contributed by atoms with Gasteiger partial charge in [-0.1, -0.05) is 42.5 Å². The lowest BCUT2D eigenvalue weighted by molar-refractivity contribution is -0.149. The first-order valence-corrected chi connectivity index (χ1v) is 9.89. The van der Waals surface area contributed by atoms with Gasteiger partial charge in [-0.25, -0.2) is 4.79 Å². The number of rotatable bonds is 9. The normalized spacial score (nSPS) is 10.2. The Balaban J connectivity index is 1.46. The maximum absolute atomic E-state index is 12.1. The van der Waals surface area contributed by atoms with E-state index in [-0.39, 0.29) is 11.5 Å². The van der Waals surface area contributed by atoms with Gasteiger partial charge in [0.15, 0.2) is 30.5 Å². The monoisotopic (exact) mass is 433 g/mol. The lowest BCUT2D eigenvalue weighted by Gasteiger charge is -2.11. The van der Waals surface area contributed by atoms with E-state index in [0.29, 0.717) is 17.0 Å². The van der Waals surface area contributed by atoms with E-state index in [9.17, 15) is 14.4 Å². The van der Waals surface area contributed by atoms with Crippen LogP contribution in [0.1, 0.15) is 17.3 Å². The molecule has 0 atom stereocenters. The Morgan fingerprint density at radius 3 is 2.16 bits per heavy atom. The van der Waals surface area contributed by atoms with Crippen molar-refractivity contribution in [2.45, 2.75) is 6.92 Å². The van der Waals surface area contributed by atoms with Gasteiger partial charge in [-0.05, 0) is 48.4 Å². The highest BCUT2D eigenvalue weighted by molar-refractivity contribution is 5.95. The minimum Gasteiger partial charge on any atom is -0.493 e. The van der Waals surface area contributed by atoms with Crippen LogP contribution in [0, 0.1) is 0 Å². The van der Waals surface area contributed by atoms with Gasteiger partial charge in [0.2, 0.25) is 0 Å². The van der Waals surface area contributed by atoms with Crippen LogP contribution in [0.5, 0.6) is 11.5 Å². The van der Waals surface area contributed by atoms with Crippen LogP contribution in [0.25, 0.3) is 11.1 Å². The van der Waals surface area contributed by atoms with Crippen LogP contribution in [-0.2, 0) is 14.3 Å². The van der Waals surface area contributed by atoms with E-state index in [2.05, 4.69) is 5.32 Å². The average Bonchev–Trinajstić information content (AvgIpc) is 2.82. The third-order valence-electron chi connectivity index (χ3n) is 4.56. The summed E-state index contributed by atoms with van der Waals surface area (Å²) in [6, 6.07) is 21.9. The Morgan fingerprint density at radius 2 is 1.50 bits per heavy atom. The number of Topliss-reactive ketones (excluding diaryl/α,β-unsaturated/α-hetero) is 1. The SMILES string of the molecule is COc1cc(C(C)=O)ccc1OCC(=O)OCC(=O)Nc1ccc(-c2ccccc2)cc1. The van der Waals surface area contributed by atoms with Crippen LogP contribution in [0.4, 0.5) is 5.69 Å². The van der Waals surface area contributed by atoms with Gasteiger partial charge in [0.25, 0.3) is 5.91 Å². The number of anilines is 1. The summed E-state index contributed by atoms with van der Waals surface area (Å²) in [5.41, 5.74) is 3.16. The van der Waals surface area contributed by atoms with E-state index >= 15 is 0 Å². The summed E-state index contributed by atoms with van der Waals surface area (Å²) >= 11 is 0. The number of ether oxygens (including phenoxy) is 3. The second-order valence-electron chi connectivity index (χ2n) is 6.86. The van der Waals surface area contributed by atoms with Crippen molar-refractivity contribution >= 4 is 23.3 Å². The number of benzene rings is 3. The van der Waals surface area contributed by atoms with Crippen molar-refractivity contribution in [3.8, 4) is 22.6 Å². The number of hydrogen-bond acceptors (Lipinski definition) is 6. The van der Waals surface area contributed by atoms with E-state index in [0.717, 1.165) is 11.1 Å². The molecule has 3 aromatic carbocycles. The molecular weight excluding hydrogens is 410 g/mol. The van der Waals surface area contributed by atoms with E-state index in [1.54, 1.807) is 18.2 Å². The fourth-order valence-electron chi connectivity index (χ4n) is 2.90. The minimum absolute atomic E-state index is 0.116. The zero-order chi connectivity index (χ0) is 22.9. The number of amides is 1. The van der Waals surface area contributed by atoms with Crippen molar-refractivity contribution in [1.29, 1.82) is 0 Å². The number of carbonyl (C=O) groups is 3. The van der Waals surface area contributed by atoms with Gasteiger partial charge < -0.3 is 19.5 Å². The van der Waals surface area contributed by atoms with Crippen LogP contribution >= 0.6 is 0 Å². The second kappa shape index (κ2) is 10.8. The molecule has 3 aromatic rings. The van der Waals surface area contributed by atoms with Gasteiger partial charge in [0.1, 0.15) is 0 Å². The van der Waals surface area contributed by atoms with Crippen molar-refractivity contribution in [2.24, 2.45) is 0 Å². The van der Waals surface area contributed by atoms with Crippen molar-refractivity contribution < 1.29 is 28.6 Å². The number of hydrogen-bond donors (Lipinski definition) is 1. The van der Waals surface area contributed by atoms with Gasteiger partial charge in [-0.2, -0.15) is 0 Å². The predicted molar refractivity (Wildman–Crippen MR) is 120 cm³/mol. The van der Waals surface area contributed by atoms with E-state index in [1.807, 2.05) is 42.5 Å². The van der Waals surface area contributed by atoms with Crippen LogP contribution in [-0.4, -0.2) is 38.0 Å². The average molecular weight is 433 g/mol. The first-order chi connectivity index (χ1) is 15.5. The lowest BCUT2D eigenvalue weighted by Crippen LogP contribution is -2.23. The molecule has 7 nitrogen and oxygen atoms in total. The van der Waals surface area contributed by atoms with Crippen molar-refractivity contribution in [3.05, 3.63) is 78.4 Å². The fourth-order valence-corrected chi connectivity index (χ4v) is 2.90. The molecule has 1 N–H and O–H groups in total. The van der Waals surface area contributed by atoms with Crippen LogP contribution in [0.15, 0.2) is 72.8 Å². The number of carbonyl (C=O) groups excluding carboxylic acids is 3. The zero-order valence-corrected chi connectivity index (χ0v) is 17.8. The van der Waals surface area contributed by atoms with Crippen LogP contribution in [0.2, 0.25) is 0 Å². The molecule has 0 heterocycles. The summed E-state index contributed by atoms with van der Waals surface area (Å²) in [6.45, 7) is 0.591. The zero-order valence-electron chi connectivity index (χ0n) is 17.8. The molecule has 164 valence electrons. The third kappa shape index (κ3) is 6.18. The summed E-state index contributed by atoms with van der Waals surface area (Å²) in [7, 11) is 1.43. The molecule has 0 saturated heterocycles. The number of nitrogens with one attached hydrogen (secondary N) is 1. The predicted octanol–water partition coefficient (Wildman–Crippen LogP) is 4.13. The first kappa shape index (κ1) is 22.6. The largest absolute Gasteiger partial charge is 0.493 e. The van der Waals surface area contributed by atoms with Gasteiger partial charge in [-0.3, -0.25) is 9.59 Å². The molecule has 0 aliphatic carbocycles. The number of methoxy groups -OCH3 is 1. The van der Waals surface area contributed by atoms with E-state index in [4.69, 9.17) is 14.2 Å². The van der Waals surface area contributed by atoms with Gasteiger partial charge in [-0.15, -0.1) is 0 Å². The minimum atomic E-state index is -0.711. The van der Waals surface area contributed by atoms with Crippen molar-refractivity contribution in [2.75, 3.05) is 25.6 Å². The standard InChI is InChI=1S/C25H23NO6/c1-17(27)20-10-13-22(23(14-20)30-2)31-16-25(29)32-15-24(28)26-21-11-8-19(9-12-21)18-6-4-3-5-7-18/h3-14H,15-16H2,1-2H3,(H,26,28). The smallest absolute Gasteiger partial charge is 0.344 e. The summed E-state index contributed by atoms with van der Waals surface area (Å²) in [6.07, 6.45) is 0. The highest BCUT2D eigenvalue weighted by Gasteiger charge is 2.12. The highest BCUT2D eigenvalue weighted by atomic mass is 16.6. The highest BCUT2D eigenvalue weighted by Crippen LogP contribution is 2.28. The van der Waals surface area contributed by atoms with Crippen molar-refractivity contribution in [1.82, 2.24) is 0 Å². The maximum Gasteiger partial charge on any atom is 0.344 e. The molecular formula is C25H23NO6. The van der Waals surface area contributed by atoms with Crippen LogP contribution < -0.4 is 14.8 Å². The summed E-state index contributed by atoms with van der Waals surface area (Å²) in [5.74, 6) is -0.680. The summed E-state index contributed by atoms with van der Waals surface area (Å²) in [5, 5.41) is 2.68. The van der Waals surface area contributed by atoms with E-state index < -0.39 is 25.1 Å². The molecule has 0 aliphatic rings. The fraction of sp³-hybridized carbons (Fsp3) is 0.160. The Kier molecular flexibility index (Phi) is 7.59. The van der Waals surface area contributed by atoms with Gasteiger partial charge >= 0.3 is 5.97 Å². The molecule has 0 fully saturated rings. The number of esters is 1. The maximum atomic E-state index is 12.1. The molecule has 0 unspecified atom stereocenters. The molecule has 3 rings (SSSR count). The molecule has 7 heteroatoms. The third-order valence-corrected chi connectivity index (χ3v) is 4.56.